The van der Waals surface area contributed by atoms with Gasteiger partial charge in [0.1, 0.15) is 12.3 Å². The molecule has 1 atom stereocenters. The number of aryl methyl sites for hydroxylation is 1. The zero-order valence-electron chi connectivity index (χ0n) is 18.2. The van der Waals surface area contributed by atoms with Crippen LogP contribution in [0.15, 0.2) is 77.7 Å². The molecule has 8 heteroatoms. The van der Waals surface area contributed by atoms with E-state index in [1.807, 2.05) is 18.2 Å². The average Bonchev–Trinajstić information content (AvgIpc) is 2.83. The van der Waals surface area contributed by atoms with Gasteiger partial charge in [-0.2, -0.15) is 0 Å². The minimum atomic E-state index is -4.01. The number of benzene rings is 3. The molecule has 0 radical (unpaired) electrons. The van der Waals surface area contributed by atoms with Crippen molar-refractivity contribution in [2.24, 2.45) is 0 Å². The minimum Gasteiger partial charge on any atom is -0.497 e. The third-order valence-electron chi connectivity index (χ3n) is 5.75. The molecule has 0 fully saturated rings. The number of sulfonamides is 1. The second-order valence-electron chi connectivity index (χ2n) is 7.87. The Balaban J connectivity index is 1.61. The lowest BCUT2D eigenvalue weighted by atomic mass is 9.88. The summed E-state index contributed by atoms with van der Waals surface area (Å²) in [6.07, 6.45) is 2.76. The summed E-state index contributed by atoms with van der Waals surface area (Å²) in [4.78, 5) is 13.2. The van der Waals surface area contributed by atoms with E-state index in [0.29, 0.717) is 16.5 Å². The van der Waals surface area contributed by atoms with Gasteiger partial charge in [-0.05, 0) is 78.9 Å². The summed E-state index contributed by atoms with van der Waals surface area (Å²) >= 11 is 6.00. The number of fused-ring (bicyclic) bond motifs is 1. The van der Waals surface area contributed by atoms with Crippen LogP contribution in [-0.2, 0) is 21.2 Å². The molecule has 0 aliphatic heterocycles. The number of nitrogens with zero attached hydrogens (tertiary/aromatic N) is 1. The van der Waals surface area contributed by atoms with E-state index in [1.54, 1.807) is 36.4 Å². The second-order valence-corrected chi connectivity index (χ2v) is 10.2. The van der Waals surface area contributed by atoms with Crippen molar-refractivity contribution >= 4 is 33.2 Å². The maximum Gasteiger partial charge on any atom is 0.264 e. The summed E-state index contributed by atoms with van der Waals surface area (Å²) in [5.74, 6) is 0.171. The molecule has 3 aromatic carbocycles. The summed E-state index contributed by atoms with van der Waals surface area (Å²) in [5.41, 5.74) is 2.66. The number of rotatable bonds is 7. The molecule has 3 aromatic rings. The van der Waals surface area contributed by atoms with E-state index in [4.69, 9.17) is 16.3 Å². The molecule has 1 aliphatic rings. The Morgan fingerprint density at radius 3 is 2.45 bits per heavy atom. The number of anilines is 1. The topological polar surface area (TPSA) is 75.7 Å². The highest BCUT2D eigenvalue weighted by Gasteiger charge is 2.29. The molecule has 0 spiro atoms. The Bertz CT molecular complexity index is 1230. The van der Waals surface area contributed by atoms with Gasteiger partial charge in [-0.25, -0.2) is 8.42 Å². The van der Waals surface area contributed by atoms with Crippen molar-refractivity contribution in [3.05, 3.63) is 88.9 Å². The van der Waals surface area contributed by atoms with Crippen LogP contribution >= 0.6 is 11.6 Å². The van der Waals surface area contributed by atoms with Crippen LogP contribution in [0.5, 0.6) is 5.75 Å². The largest absolute Gasteiger partial charge is 0.497 e. The molecule has 6 nitrogen and oxygen atoms in total. The predicted octanol–water partition coefficient (Wildman–Crippen LogP) is 4.74. The second kappa shape index (κ2) is 9.85. The first-order valence-corrected chi connectivity index (χ1v) is 12.5. The fourth-order valence-corrected chi connectivity index (χ4v) is 5.62. The van der Waals surface area contributed by atoms with Gasteiger partial charge in [0.15, 0.2) is 0 Å². The van der Waals surface area contributed by atoms with Gasteiger partial charge in [0.2, 0.25) is 5.91 Å². The van der Waals surface area contributed by atoms with Crippen molar-refractivity contribution in [3.8, 4) is 5.75 Å². The van der Waals surface area contributed by atoms with Crippen LogP contribution in [0.25, 0.3) is 0 Å². The highest BCUT2D eigenvalue weighted by atomic mass is 35.5. The number of nitrogens with one attached hydrogen (secondary N) is 1. The average molecular weight is 485 g/mol. The van der Waals surface area contributed by atoms with Crippen molar-refractivity contribution in [1.82, 2.24) is 5.32 Å². The smallest absolute Gasteiger partial charge is 0.264 e. The first kappa shape index (κ1) is 23.1. The van der Waals surface area contributed by atoms with Gasteiger partial charge in [-0.1, -0.05) is 35.9 Å². The fourth-order valence-electron chi connectivity index (χ4n) is 4.07. The molecule has 33 heavy (non-hydrogen) atoms. The number of halogens is 1. The van der Waals surface area contributed by atoms with Crippen LogP contribution in [0.1, 0.15) is 30.0 Å². The molecule has 1 N–H and O–H groups in total. The quantitative estimate of drug-likeness (QED) is 0.525. The first-order valence-electron chi connectivity index (χ1n) is 10.7. The zero-order valence-corrected chi connectivity index (χ0v) is 19.8. The highest BCUT2D eigenvalue weighted by Crippen LogP contribution is 2.30. The first-order chi connectivity index (χ1) is 15.9. The monoisotopic (exact) mass is 484 g/mol. The van der Waals surface area contributed by atoms with Gasteiger partial charge < -0.3 is 10.1 Å². The van der Waals surface area contributed by atoms with E-state index in [1.165, 1.54) is 24.8 Å². The van der Waals surface area contributed by atoms with E-state index in [9.17, 15) is 13.2 Å². The molecule has 1 aliphatic carbocycles. The van der Waals surface area contributed by atoms with Crippen molar-refractivity contribution in [2.45, 2.75) is 30.2 Å². The Hall–Kier alpha value is -3.03. The maximum atomic E-state index is 13.5. The van der Waals surface area contributed by atoms with E-state index in [0.717, 1.165) is 29.1 Å². The van der Waals surface area contributed by atoms with Crippen LogP contribution in [0.2, 0.25) is 5.02 Å². The van der Waals surface area contributed by atoms with E-state index in [2.05, 4.69) is 11.4 Å². The Labute approximate surface area is 199 Å². The molecule has 4 rings (SSSR count). The van der Waals surface area contributed by atoms with Gasteiger partial charge in [-0.15, -0.1) is 0 Å². The van der Waals surface area contributed by atoms with Gasteiger partial charge >= 0.3 is 0 Å². The molecule has 0 bridgehead atoms. The number of hydrogen-bond donors (Lipinski definition) is 1. The highest BCUT2D eigenvalue weighted by molar-refractivity contribution is 7.92. The Kier molecular flexibility index (Phi) is 6.91. The molecular formula is C25H25ClN2O4S. The zero-order chi connectivity index (χ0) is 23.4. The van der Waals surface area contributed by atoms with Crippen molar-refractivity contribution < 1.29 is 17.9 Å². The lowest BCUT2D eigenvalue weighted by Gasteiger charge is -2.28. The number of hydrogen-bond acceptors (Lipinski definition) is 4. The summed E-state index contributed by atoms with van der Waals surface area (Å²) in [7, 11) is -2.50. The third-order valence-corrected chi connectivity index (χ3v) is 7.79. The molecule has 0 aromatic heterocycles. The number of methoxy groups -OCH3 is 1. The third kappa shape index (κ3) is 5.15. The van der Waals surface area contributed by atoms with Gasteiger partial charge in [0, 0.05) is 5.02 Å². The molecule has 1 amide bonds. The molecule has 0 unspecified atom stereocenters. The lowest BCUT2D eigenvalue weighted by molar-refractivity contribution is -0.120. The summed E-state index contributed by atoms with van der Waals surface area (Å²) in [5, 5.41) is 3.51. The molecular weight excluding hydrogens is 460 g/mol. The Morgan fingerprint density at radius 1 is 1.06 bits per heavy atom. The van der Waals surface area contributed by atoms with Crippen LogP contribution < -0.4 is 14.4 Å². The maximum absolute atomic E-state index is 13.5. The molecule has 0 saturated heterocycles. The fraction of sp³-hybridized carbons (Fsp3) is 0.240. The molecule has 0 saturated carbocycles. The van der Waals surface area contributed by atoms with Crippen molar-refractivity contribution in [3.63, 3.8) is 0 Å². The van der Waals surface area contributed by atoms with E-state index in [-0.39, 0.29) is 23.4 Å². The van der Waals surface area contributed by atoms with Crippen LogP contribution in [0.3, 0.4) is 0 Å². The standard InChI is InChI=1S/C25H25ClN2O4S/c1-32-21-13-15-22(16-14-21)33(30,31)28(20-11-9-19(26)10-12-20)17-25(29)27-24-8-4-6-18-5-2-3-7-23(18)24/h2-3,5,7,9-16,24H,4,6,8,17H2,1H3,(H,27,29)/t24-/m1/s1. The van der Waals surface area contributed by atoms with Crippen molar-refractivity contribution in [2.75, 3.05) is 18.0 Å². The van der Waals surface area contributed by atoms with Crippen LogP contribution in [-0.4, -0.2) is 28.0 Å². The van der Waals surface area contributed by atoms with Crippen molar-refractivity contribution in [1.29, 1.82) is 0 Å². The van der Waals surface area contributed by atoms with Gasteiger partial charge in [0.25, 0.3) is 10.0 Å². The van der Waals surface area contributed by atoms with E-state index < -0.39 is 10.0 Å². The summed E-state index contributed by atoms with van der Waals surface area (Å²) < 4.78 is 33.3. The van der Waals surface area contributed by atoms with Crippen LogP contribution in [0, 0.1) is 0 Å². The normalized spacial score (nSPS) is 15.4. The number of carbonyl (C=O) groups is 1. The number of ether oxygens (including phenoxy) is 1. The SMILES string of the molecule is COc1ccc(S(=O)(=O)N(CC(=O)N[C@@H]2CCCc3ccccc32)c2ccc(Cl)cc2)cc1. The lowest BCUT2D eigenvalue weighted by Crippen LogP contribution is -2.42. The molecule has 172 valence electrons. The van der Waals surface area contributed by atoms with Crippen LogP contribution in [0.4, 0.5) is 5.69 Å². The summed E-state index contributed by atoms with van der Waals surface area (Å²) in [6.45, 7) is -0.353. The molecule has 0 heterocycles. The number of carbonyl (C=O) groups excluding carboxylic acids is 1. The van der Waals surface area contributed by atoms with Gasteiger partial charge in [0.05, 0.1) is 23.7 Å². The predicted molar refractivity (Wildman–Crippen MR) is 129 cm³/mol. The van der Waals surface area contributed by atoms with Gasteiger partial charge in [-0.3, -0.25) is 9.10 Å². The summed E-state index contributed by atoms with van der Waals surface area (Å²) in [6, 6.07) is 20.4. The number of amides is 1. The minimum absolute atomic E-state index is 0.0639. The van der Waals surface area contributed by atoms with E-state index >= 15 is 0 Å². The Morgan fingerprint density at radius 2 is 1.76 bits per heavy atom.